The molecule has 0 aromatic carbocycles. The predicted molar refractivity (Wildman–Crippen MR) is 40.2 cm³/mol. The van der Waals surface area contributed by atoms with E-state index in [0.717, 1.165) is 19.4 Å². The zero-order valence-corrected chi connectivity index (χ0v) is 6.49. The van der Waals surface area contributed by atoms with Crippen molar-refractivity contribution in [1.82, 2.24) is 4.90 Å². The first-order valence-electron chi connectivity index (χ1n) is 4.19. The van der Waals surface area contributed by atoms with Crippen molar-refractivity contribution in [3.63, 3.8) is 0 Å². The van der Waals surface area contributed by atoms with Crippen molar-refractivity contribution in [3.05, 3.63) is 0 Å². The third-order valence-electron chi connectivity index (χ3n) is 2.86. The van der Waals surface area contributed by atoms with E-state index in [9.17, 15) is 4.79 Å². The van der Waals surface area contributed by atoms with Gasteiger partial charge in [-0.15, -0.1) is 0 Å². The molecule has 0 amide bonds. The van der Waals surface area contributed by atoms with Gasteiger partial charge in [-0.25, -0.2) is 0 Å². The smallest absolute Gasteiger partial charge is 0.150 e. The van der Waals surface area contributed by atoms with Crippen LogP contribution in [0.1, 0.15) is 12.8 Å². The number of hydrogen-bond acceptors (Lipinski definition) is 3. The van der Waals surface area contributed by atoms with Gasteiger partial charge in [0.25, 0.3) is 0 Å². The quantitative estimate of drug-likeness (QED) is 0.562. The van der Waals surface area contributed by atoms with Gasteiger partial charge in [-0.05, 0) is 19.4 Å². The molecule has 3 aliphatic heterocycles. The zero-order valence-electron chi connectivity index (χ0n) is 6.49. The highest BCUT2D eigenvalue weighted by Gasteiger charge is 2.38. The lowest BCUT2D eigenvalue weighted by atomic mass is 9.83. The second-order valence-electron chi connectivity index (χ2n) is 3.49. The molecule has 11 heavy (non-hydrogen) atoms. The minimum absolute atomic E-state index is 0.212. The SMILES string of the molecule is O=C1CN2CC[C@H]1C[C@@H]2CO. The third-order valence-corrected chi connectivity index (χ3v) is 2.86. The van der Waals surface area contributed by atoms with Gasteiger partial charge < -0.3 is 5.11 Å². The molecule has 2 bridgehead atoms. The molecule has 3 atom stereocenters. The number of piperidine rings is 3. The topological polar surface area (TPSA) is 40.5 Å². The van der Waals surface area contributed by atoms with Gasteiger partial charge in [0.2, 0.25) is 0 Å². The van der Waals surface area contributed by atoms with Crippen LogP contribution in [0, 0.1) is 5.92 Å². The van der Waals surface area contributed by atoms with Crippen LogP contribution in [-0.4, -0.2) is 41.5 Å². The average molecular weight is 155 g/mol. The van der Waals surface area contributed by atoms with Gasteiger partial charge >= 0.3 is 0 Å². The highest BCUT2D eigenvalue weighted by Crippen LogP contribution is 2.28. The Hall–Kier alpha value is -0.410. The standard InChI is InChI=1S/C8H13NO2/c10-5-7-3-6-1-2-9(7)4-8(6)11/h6-7,10H,1-5H2/t6-,7+/m0/s1. The molecule has 3 nitrogen and oxygen atoms in total. The Kier molecular flexibility index (Phi) is 1.69. The van der Waals surface area contributed by atoms with Crippen LogP contribution in [-0.2, 0) is 4.79 Å². The van der Waals surface area contributed by atoms with E-state index < -0.39 is 0 Å². The predicted octanol–water partition coefficient (Wildman–Crippen LogP) is -0.358. The van der Waals surface area contributed by atoms with Crippen molar-refractivity contribution in [2.75, 3.05) is 19.7 Å². The molecule has 0 radical (unpaired) electrons. The van der Waals surface area contributed by atoms with E-state index in [2.05, 4.69) is 4.90 Å². The normalized spacial score (nSPS) is 43.0. The molecule has 3 saturated heterocycles. The van der Waals surface area contributed by atoms with Crippen LogP contribution in [0.2, 0.25) is 0 Å². The second kappa shape index (κ2) is 2.57. The molecule has 3 heteroatoms. The number of nitrogens with zero attached hydrogens (tertiary/aromatic N) is 1. The lowest BCUT2D eigenvalue weighted by Gasteiger charge is -2.43. The van der Waals surface area contributed by atoms with Gasteiger partial charge in [0.05, 0.1) is 13.2 Å². The second-order valence-corrected chi connectivity index (χ2v) is 3.49. The minimum atomic E-state index is 0.212. The van der Waals surface area contributed by atoms with Crippen molar-refractivity contribution in [2.24, 2.45) is 5.92 Å². The van der Waals surface area contributed by atoms with Gasteiger partial charge in [0.1, 0.15) is 5.78 Å². The van der Waals surface area contributed by atoms with E-state index in [0.29, 0.717) is 12.3 Å². The maximum Gasteiger partial charge on any atom is 0.150 e. The summed E-state index contributed by atoms with van der Waals surface area (Å²) < 4.78 is 0. The Morgan fingerprint density at radius 3 is 2.91 bits per heavy atom. The molecule has 62 valence electrons. The van der Waals surface area contributed by atoms with Crippen molar-refractivity contribution >= 4 is 5.78 Å². The number of fused-ring (bicyclic) bond motifs is 3. The molecule has 0 aromatic heterocycles. The summed E-state index contributed by atoms with van der Waals surface area (Å²) in [6, 6.07) is 0.270. The fourth-order valence-electron chi connectivity index (χ4n) is 2.12. The summed E-state index contributed by atoms with van der Waals surface area (Å²) >= 11 is 0. The monoisotopic (exact) mass is 155 g/mol. The van der Waals surface area contributed by atoms with Gasteiger partial charge in [0.15, 0.2) is 0 Å². The van der Waals surface area contributed by atoms with Crippen LogP contribution in [0.15, 0.2) is 0 Å². The highest BCUT2D eigenvalue weighted by molar-refractivity contribution is 5.84. The molecule has 3 heterocycles. The maximum absolute atomic E-state index is 11.2. The lowest BCUT2D eigenvalue weighted by molar-refractivity contribution is -0.134. The lowest BCUT2D eigenvalue weighted by Crippen LogP contribution is -2.54. The largest absolute Gasteiger partial charge is 0.395 e. The first-order valence-corrected chi connectivity index (χ1v) is 4.19. The summed E-state index contributed by atoms with van der Waals surface area (Å²) in [5.74, 6) is 0.637. The Bertz CT molecular complexity index is 181. The summed E-state index contributed by atoms with van der Waals surface area (Å²) in [6.45, 7) is 1.79. The minimum Gasteiger partial charge on any atom is -0.395 e. The Balaban J connectivity index is 2.10. The van der Waals surface area contributed by atoms with Crippen molar-refractivity contribution < 1.29 is 9.90 Å². The summed E-state index contributed by atoms with van der Waals surface area (Å²) in [7, 11) is 0. The Morgan fingerprint density at radius 1 is 1.64 bits per heavy atom. The number of carbonyl (C=O) groups excluding carboxylic acids is 1. The zero-order chi connectivity index (χ0) is 7.84. The Labute approximate surface area is 66.0 Å². The average Bonchev–Trinajstić information content (AvgIpc) is 2.05. The van der Waals surface area contributed by atoms with Crippen LogP contribution in [0.3, 0.4) is 0 Å². The fourth-order valence-corrected chi connectivity index (χ4v) is 2.12. The number of aliphatic hydroxyl groups excluding tert-OH is 1. The molecule has 3 aliphatic rings. The van der Waals surface area contributed by atoms with Gasteiger partial charge in [-0.2, -0.15) is 0 Å². The molecular weight excluding hydrogens is 142 g/mol. The molecule has 0 spiro atoms. The summed E-state index contributed by atoms with van der Waals surface area (Å²) in [5.41, 5.74) is 0. The van der Waals surface area contributed by atoms with E-state index >= 15 is 0 Å². The number of ketones is 1. The van der Waals surface area contributed by atoms with Crippen LogP contribution in [0.25, 0.3) is 0 Å². The summed E-state index contributed by atoms with van der Waals surface area (Å²) in [5, 5.41) is 8.95. The number of aliphatic hydroxyl groups is 1. The third kappa shape index (κ3) is 1.08. The number of rotatable bonds is 1. The van der Waals surface area contributed by atoms with Gasteiger partial charge in [-0.1, -0.05) is 0 Å². The highest BCUT2D eigenvalue weighted by atomic mass is 16.3. The first-order chi connectivity index (χ1) is 5.31. The molecular formula is C8H13NO2. The first kappa shape index (κ1) is 7.25. The van der Waals surface area contributed by atoms with Gasteiger partial charge in [-0.3, -0.25) is 9.69 Å². The van der Waals surface area contributed by atoms with E-state index in [4.69, 9.17) is 5.11 Å². The maximum atomic E-state index is 11.2. The van der Waals surface area contributed by atoms with E-state index in [1.54, 1.807) is 0 Å². The molecule has 3 fully saturated rings. The molecule has 0 aliphatic carbocycles. The summed E-state index contributed by atoms with van der Waals surface area (Å²) in [6.07, 6.45) is 1.89. The van der Waals surface area contributed by atoms with Crippen LogP contribution in [0.4, 0.5) is 0 Å². The molecule has 0 aromatic rings. The van der Waals surface area contributed by atoms with Gasteiger partial charge in [0, 0.05) is 12.0 Å². The van der Waals surface area contributed by atoms with Crippen molar-refractivity contribution in [3.8, 4) is 0 Å². The Morgan fingerprint density at radius 2 is 2.45 bits per heavy atom. The van der Waals surface area contributed by atoms with E-state index in [-0.39, 0.29) is 18.6 Å². The molecule has 1 N–H and O–H groups in total. The molecule has 1 unspecified atom stereocenters. The molecule has 0 saturated carbocycles. The number of hydrogen-bond donors (Lipinski definition) is 1. The van der Waals surface area contributed by atoms with Crippen molar-refractivity contribution in [2.45, 2.75) is 18.9 Å². The van der Waals surface area contributed by atoms with E-state index in [1.807, 2.05) is 0 Å². The van der Waals surface area contributed by atoms with E-state index in [1.165, 1.54) is 0 Å². The number of Topliss-reactive ketones (excluding diaryl/α,β-unsaturated/α-hetero) is 1. The van der Waals surface area contributed by atoms with Crippen molar-refractivity contribution in [1.29, 1.82) is 0 Å². The fraction of sp³-hybridized carbons (Fsp3) is 0.875. The number of carbonyl (C=O) groups is 1. The molecule has 3 rings (SSSR count). The summed E-state index contributed by atoms with van der Waals surface area (Å²) in [4.78, 5) is 13.3. The van der Waals surface area contributed by atoms with Crippen LogP contribution >= 0.6 is 0 Å². The van der Waals surface area contributed by atoms with Crippen LogP contribution < -0.4 is 0 Å². The van der Waals surface area contributed by atoms with Crippen LogP contribution in [0.5, 0.6) is 0 Å².